The Morgan fingerprint density at radius 1 is 1.27 bits per heavy atom. The van der Waals surface area contributed by atoms with Crippen LogP contribution in [0, 0.1) is 0 Å². The fourth-order valence-electron chi connectivity index (χ4n) is 1.99. The van der Waals surface area contributed by atoms with Gasteiger partial charge in [-0.3, -0.25) is 0 Å². The van der Waals surface area contributed by atoms with Gasteiger partial charge in [-0.2, -0.15) is 0 Å². The minimum Gasteiger partial charge on any atom is -0.359 e. The Hall–Kier alpha value is -1.28. The van der Waals surface area contributed by atoms with Crippen LogP contribution in [0.5, 0.6) is 0 Å². The number of hydrogen-bond acceptors (Lipinski definition) is 2. The lowest BCUT2D eigenvalue weighted by Crippen LogP contribution is -2.39. The molecule has 1 unspecified atom stereocenters. The summed E-state index contributed by atoms with van der Waals surface area (Å²) in [5.74, 6) is 0. The first-order chi connectivity index (χ1) is 7.29. The van der Waals surface area contributed by atoms with Crippen LogP contribution in [0.2, 0.25) is 0 Å². The lowest BCUT2D eigenvalue weighted by Gasteiger charge is -2.27. The van der Waals surface area contributed by atoms with E-state index in [1.807, 2.05) is 0 Å². The highest BCUT2D eigenvalue weighted by atomic mass is 15.2. The molecule has 0 radical (unpaired) electrons. The number of rotatable bonds is 0. The molecule has 2 heteroatoms. The van der Waals surface area contributed by atoms with E-state index in [0.29, 0.717) is 0 Å². The first-order valence-electron chi connectivity index (χ1n) is 5.50. The Morgan fingerprint density at radius 2 is 2.07 bits per heavy atom. The number of fused-ring (bicyclic) bond motifs is 1. The van der Waals surface area contributed by atoms with Gasteiger partial charge in [0.25, 0.3) is 0 Å². The molecule has 0 fully saturated rings. The largest absolute Gasteiger partial charge is 0.359 e. The van der Waals surface area contributed by atoms with Crippen LogP contribution in [-0.2, 0) is 6.42 Å². The van der Waals surface area contributed by atoms with Gasteiger partial charge in [-0.15, -0.1) is 0 Å². The van der Waals surface area contributed by atoms with Crippen molar-refractivity contribution in [1.82, 2.24) is 0 Å². The number of benzene rings is 1. The molecule has 2 N–H and O–H groups in total. The summed E-state index contributed by atoms with van der Waals surface area (Å²) in [7, 11) is 2.08. The average molecular weight is 202 g/mol. The van der Waals surface area contributed by atoms with E-state index >= 15 is 0 Å². The van der Waals surface area contributed by atoms with Crippen molar-refractivity contribution >= 4 is 5.69 Å². The van der Waals surface area contributed by atoms with Crippen molar-refractivity contribution in [1.29, 1.82) is 0 Å². The van der Waals surface area contributed by atoms with Crippen LogP contribution in [0.3, 0.4) is 0 Å². The van der Waals surface area contributed by atoms with Gasteiger partial charge < -0.3 is 10.6 Å². The molecule has 0 amide bonds. The van der Waals surface area contributed by atoms with Gasteiger partial charge in [0, 0.05) is 12.7 Å². The summed E-state index contributed by atoms with van der Waals surface area (Å²) in [6.45, 7) is 0. The third kappa shape index (κ3) is 2.21. The van der Waals surface area contributed by atoms with Crippen molar-refractivity contribution in [3.63, 3.8) is 0 Å². The van der Waals surface area contributed by atoms with Crippen molar-refractivity contribution in [2.45, 2.75) is 25.4 Å². The van der Waals surface area contributed by atoms with Gasteiger partial charge >= 0.3 is 0 Å². The smallest absolute Gasteiger partial charge is 0.0770 e. The van der Waals surface area contributed by atoms with Crippen LogP contribution in [0.25, 0.3) is 0 Å². The van der Waals surface area contributed by atoms with Gasteiger partial charge in [0.2, 0.25) is 0 Å². The van der Waals surface area contributed by atoms with Crippen LogP contribution < -0.4 is 10.6 Å². The number of allylic oxidation sites excluding steroid dienone is 2. The topological polar surface area (TPSA) is 29.3 Å². The minimum absolute atomic E-state index is 0.119. The normalized spacial score (nSPS) is 23.6. The molecule has 0 aromatic heterocycles. The fourth-order valence-corrected chi connectivity index (χ4v) is 1.99. The van der Waals surface area contributed by atoms with Crippen LogP contribution in [0.15, 0.2) is 36.4 Å². The maximum atomic E-state index is 6.12. The van der Waals surface area contributed by atoms with Crippen molar-refractivity contribution in [3.05, 3.63) is 42.0 Å². The summed E-state index contributed by atoms with van der Waals surface area (Å²) in [5.41, 5.74) is 8.74. The Balaban J connectivity index is 2.37. The number of para-hydroxylation sites is 1. The van der Waals surface area contributed by atoms with Crippen molar-refractivity contribution in [2.24, 2.45) is 5.73 Å². The van der Waals surface area contributed by atoms with Crippen LogP contribution in [-0.4, -0.2) is 13.2 Å². The highest BCUT2D eigenvalue weighted by Crippen LogP contribution is 2.23. The minimum atomic E-state index is 0.119. The first kappa shape index (κ1) is 10.2. The lowest BCUT2D eigenvalue weighted by molar-refractivity contribution is 0.609. The zero-order chi connectivity index (χ0) is 10.7. The van der Waals surface area contributed by atoms with Gasteiger partial charge in [-0.05, 0) is 30.9 Å². The molecule has 0 saturated carbocycles. The number of hydrogen-bond donors (Lipinski definition) is 1. The molecule has 2 rings (SSSR count). The Kier molecular flexibility index (Phi) is 3.07. The Bertz CT molecular complexity index is 357. The molecule has 0 spiro atoms. The highest BCUT2D eigenvalue weighted by Gasteiger charge is 2.13. The molecule has 0 aliphatic carbocycles. The third-order valence-electron chi connectivity index (χ3n) is 3.00. The number of nitrogens with two attached hydrogens (primary N) is 1. The summed E-state index contributed by atoms with van der Waals surface area (Å²) >= 11 is 0. The monoisotopic (exact) mass is 202 g/mol. The van der Waals surface area contributed by atoms with E-state index in [2.05, 4.69) is 48.4 Å². The van der Waals surface area contributed by atoms with Gasteiger partial charge in [0.1, 0.15) is 0 Å². The second kappa shape index (κ2) is 4.49. The molecule has 15 heavy (non-hydrogen) atoms. The molecular formula is C13H18N2. The van der Waals surface area contributed by atoms with E-state index in [-0.39, 0.29) is 6.17 Å². The maximum absolute atomic E-state index is 6.12. The van der Waals surface area contributed by atoms with Gasteiger partial charge in [0.05, 0.1) is 6.17 Å². The van der Waals surface area contributed by atoms with Crippen molar-refractivity contribution in [2.75, 3.05) is 11.9 Å². The molecule has 2 nitrogen and oxygen atoms in total. The molecule has 1 aromatic rings. The van der Waals surface area contributed by atoms with Gasteiger partial charge in [-0.25, -0.2) is 0 Å². The van der Waals surface area contributed by atoms with E-state index < -0.39 is 0 Å². The van der Waals surface area contributed by atoms with E-state index in [1.165, 1.54) is 11.3 Å². The molecule has 1 aliphatic heterocycles. The number of anilines is 1. The third-order valence-corrected chi connectivity index (χ3v) is 3.00. The Morgan fingerprint density at radius 3 is 2.93 bits per heavy atom. The lowest BCUT2D eigenvalue weighted by atomic mass is 10.1. The molecular weight excluding hydrogens is 184 g/mol. The highest BCUT2D eigenvalue weighted by molar-refractivity contribution is 5.54. The SMILES string of the molecule is CN1c2ccccc2C/C=C\CCC1N. The van der Waals surface area contributed by atoms with Gasteiger partial charge in [0.15, 0.2) is 0 Å². The fraction of sp³-hybridized carbons (Fsp3) is 0.385. The maximum Gasteiger partial charge on any atom is 0.0770 e. The summed E-state index contributed by atoms with van der Waals surface area (Å²) in [4.78, 5) is 2.18. The predicted octanol–water partition coefficient (Wildman–Crippen LogP) is 2.30. The molecule has 1 aliphatic rings. The summed E-state index contributed by atoms with van der Waals surface area (Å²) in [5, 5.41) is 0. The van der Waals surface area contributed by atoms with Crippen LogP contribution in [0.1, 0.15) is 18.4 Å². The molecule has 1 heterocycles. The standard InChI is InChI=1S/C13H18N2/c1-15-12-9-6-5-8-11(12)7-3-2-4-10-13(15)14/h2-3,5-6,8-9,13H,4,7,10,14H2,1H3/b3-2-. The van der Waals surface area contributed by atoms with Crippen LogP contribution >= 0.6 is 0 Å². The van der Waals surface area contributed by atoms with E-state index in [4.69, 9.17) is 5.73 Å². The zero-order valence-corrected chi connectivity index (χ0v) is 9.19. The quantitative estimate of drug-likeness (QED) is 0.654. The Labute approximate surface area is 91.4 Å². The van der Waals surface area contributed by atoms with E-state index in [1.54, 1.807) is 0 Å². The molecule has 80 valence electrons. The van der Waals surface area contributed by atoms with Gasteiger partial charge in [-0.1, -0.05) is 30.4 Å². The average Bonchev–Trinajstić information content (AvgIpc) is 2.33. The number of nitrogens with zero attached hydrogens (tertiary/aromatic N) is 1. The molecule has 1 aromatic carbocycles. The summed E-state index contributed by atoms with van der Waals surface area (Å²) < 4.78 is 0. The summed E-state index contributed by atoms with van der Waals surface area (Å²) in [6, 6.07) is 8.48. The second-order valence-electron chi connectivity index (χ2n) is 4.06. The van der Waals surface area contributed by atoms with Crippen molar-refractivity contribution < 1.29 is 0 Å². The van der Waals surface area contributed by atoms with E-state index in [0.717, 1.165) is 19.3 Å². The molecule has 0 saturated heterocycles. The molecule has 1 atom stereocenters. The first-order valence-corrected chi connectivity index (χ1v) is 5.50. The zero-order valence-electron chi connectivity index (χ0n) is 9.19. The van der Waals surface area contributed by atoms with Crippen LogP contribution in [0.4, 0.5) is 5.69 Å². The van der Waals surface area contributed by atoms with E-state index in [9.17, 15) is 0 Å². The summed E-state index contributed by atoms with van der Waals surface area (Å²) in [6.07, 6.45) is 7.68. The predicted molar refractivity (Wildman–Crippen MR) is 64.9 cm³/mol. The second-order valence-corrected chi connectivity index (χ2v) is 4.06. The molecule has 0 bridgehead atoms. The van der Waals surface area contributed by atoms with Crippen molar-refractivity contribution in [3.8, 4) is 0 Å².